The van der Waals surface area contributed by atoms with E-state index in [0.717, 1.165) is 4.57 Å². The lowest BCUT2D eigenvalue weighted by Gasteiger charge is -2.38. The van der Waals surface area contributed by atoms with Gasteiger partial charge in [-0.05, 0) is 34.5 Å². The maximum atomic E-state index is 14.4. The van der Waals surface area contributed by atoms with Crippen LogP contribution in [0.2, 0.25) is 0 Å². The van der Waals surface area contributed by atoms with Crippen LogP contribution in [0.4, 0.5) is 4.79 Å². The smallest absolute Gasteiger partial charge is 0.330 e. The average molecular weight is 684 g/mol. The minimum Gasteiger partial charge on any atom is -0.493 e. The highest BCUT2D eigenvalue weighted by Crippen LogP contribution is 2.65. The van der Waals surface area contributed by atoms with Crippen molar-refractivity contribution in [2.45, 2.75) is 98.9 Å². The van der Waals surface area contributed by atoms with E-state index in [1.54, 1.807) is 20.8 Å². The largest absolute Gasteiger partial charge is 0.493 e. The van der Waals surface area contributed by atoms with Crippen molar-refractivity contribution in [1.82, 2.24) is 35.3 Å². The van der Waals surface area contributed by atoms with Gasteiger partial charge in [-0.1, -0.05) is 61.5 Å². The number of aryl methyl sites for hydroxylation is 1. The molecule has 0 radical (unpaired) electrons. The molecule has 1 aliphatic carbocycles. The molecule has 14 nitrogen and oxygen atoms in total. The number of carbonyl (C=O) groups excluding carboxylic acids is 5. The highest BCUT2D eigenvalue weighted by molar-refractivity contribution is 6.38. The molecule has 5 N–H and O–H groups in total. The van der Waals surface area contributed by atoms with Crippen molar-refractivity contribution in [3.63, 3.8) is 0 Å². The van der Waals surface area contributed by atoms with Gasteiger partial charge in [0.15, 0.2) is 0 Å². The summed E-state index contributed by atoms with van der Waals surface area (Å²) in [7, 11) is 1.51. The second kappa shape index (κ2) is 14.5. The van der Waals surface area contributed by atoms with E-state index in [9.17, 15) is 33.9 Å². The van der Waals surface area contributed by atoms with Crippen LogP contribution in [-0.2, 0) is 32.8 Å². The molecule has 6 atom stereocenters. The van der Waals surface area contributed by atoms with Gasteiger partial charge in [0.2, 0.25) is 23.5 Å². The fourth-order valence-electron chi connectivity index (χ4n) is 6.60. The summed E-state index contributed by atoms with van der Waals surface area (Å²) in [5.74, 6) is -0.766. The number of hydrogen-bond donors (Lipinski definition) is 5. The van der Waals surface area contributed by atoms with Gasteiger partial charge in [0, 0.05) is 26.6 Å². The number of aromatic hydroxyl groups is 1. The number of piperidine rings is 1. The summed E-state index contributed by atoms with van der Waals surface area (Å²) < 4.78 is 2.40. The Morgan fingerprint density at radius 3 is 2.24 bits per heavy atom. The fourth-order valence-corrected chi connectivity index (χ4v) is 6.60. The Balaban J connectivity index is 1.86. The molecule has 1 aromatic rings. The van der Waals surface area contributed by atoms with Crippen LogP contribution in [0.3, 0.4) is 0 Å². The standard InChI is InChI=1S/C35H53N7O7/c1-12-14-15-21(26(44)29(46)36-16-13-2)37-28(45)25-24-20(35(24,9)10)17-42(25)30(47)27(34(6,7)8)39-31(48)38-22(33(3,4)5)18-41-23(43)19-40(11)32(41)49/h1,13,19-22,24-25,27,43H,2,14-18H2,3-11H3,(H,36,46)(H,37,45)(H2,38,39,48)/t20-,21?,22+,24-,25-,27+/m0/s1. The van der Waals surface area contributed by atoms with Gasteiger partial charge >= 0.3 is 11.7 Å². The molecule has 2 fully saturated rings. The number of amides is 5. The summed E-state index contributed by atoms with van der Waals surface area (Å²) in [5.41, 5.74) is -2.04. The Morgan fingerprint density at radius 2 is 1.73 bits per heavy atom. The van der Waals surface area contributed by atoms with Gasteiger partial charge in [0.1, 0.15) is 12.1 Å². The molecule has 0 aromatic carbocycles. The molecule has 1 aromatic heterocycles. The number of carbonyl (C=O) groups is 5. The van der Waals surface area contributed by atoms with Crippen LogP contribution in [0.25, 0.3) is 0 Å². The predicted octanol–water partition coefficient (Wildman–Crippen LogP) is 1.27. The number of likely N-dealkylation sites (tertiary alicyclic amines) is 1. The minimum atomic E-state index is -1.19. The third kappa shape index (κ3) is 8.55. The Morgan fingerprint density at radius 1 is 1.10 bits per heavy atom. The zero-order chi connectivity index (χ0) is 37.2. The molecular weight excluding hydrogens is 630 g/mol. The topological polar surface area (TPSA) is 184 Å². The lowest BCUT2D eigenvalue weighted by molar-refractivity contribution is -0.145. The monoisotopic (exact) mass is 683 g/mol. The van der Waals surface area contributed by atoms with Crippen molar-refractivity contribution < 1.29 is 29.1 Å². The number of imidazole rings is 1. The number of ketones is 1. The molecule has 1 saturated heterocycles. The second-order valence-electron chi connectivity index (χ2n) is 15.9. The maximum absolute atomic E-state index is 14.4. The first-order valence-electron chi connectivity index (χ1n) is 16.6. The summed E-state index contributed by atoms with van der Waals surface area (Å²) in [5, 5.41) is 21.2. The highest BCUT2D eigenvalue weighted by Gasteiger charge is 2.70. The van der Waals surface area contributed by atoms with Crippen LogP contribution >= 0.6 is 0 Å². The van der Waals surface area contributed by atoms with E-state index in [4.69, 9.17) is 6.42 Å². The van der Waals surface area contributed by atoms with E-state index in [2.05, 4.69) is 33.8 Å². The van der Waals surface area contributed by atoms with Gasteiger partial charge in [-0.3, -0.25) is 28.3 Å². The van der Waals surface area contributed by atoms with Gasteiger partial charge in [0.05, 0.1) is 24.8 Å². The second-order valence-corrected chi connectivity index (χ2v) is 15.9. The number of nitrogens with zero attached hydrogens (tertiary/aromatic N) is 3. The Bertz CT molecular complexity index is 1570. The zero-order valence-electron chi connectivity index (χ0n) is 30.2. The van der Waals surface area contributed by atoms with Crippen molar-refractivity contribution in [1.29, 1.82) is 0 Å². The lowest BCUT2D eigenvalue weighted by atomic mass is 9.85. The number of rotatable bonds is 13. The van der Waals surface area contributed by atoms with Crippen LogP contribution in [0.5, 0.6) is 5.88 Å². The Labute approximate surface area is 288 Å². The van der Waals surface area contributed by atoms with Crippen molar-refractivity contribution in [3.8, 4) is 18.2 Å². The summed E-state index contributed by atoms with van der Waals surface area (Å²) in [4.78, 5) is 81.4. The van der Waals surface area contributed by atoms with Crippen molar-refractivity contribution in [2.24, 2.45) is 35.1 Å². The van der Waals surface area contributed by atoms with E-state index in [-0.39, 0.29) is 55.6 Å². The van der Waals surface area contributed by atoms with E-state index >= 15 is 0 Å². The fraction of sp³-hybridized carbons (Fsp3) is 0.657. The van der Waals surface area contributed by atoms with Gasteiger partial charge in [-0.25, -0.2) is 9.59 Å². The normalized spacial score (nSPS) is 21.3. The van der Waals surface area contributed by atoms with Gasteiger partial charge in [-0.15, -0.1) is 18.9 Å². The van der Waals surface area contributed by atoms with Gasteiger partial charge in [0.25, 0.3) is 5.91 Å². The summed E-state index contributed by atoms with van der Waals surface area (Å²) in [6.45, 7) is 18.9. The van der Waals surface area contributed by atoms with Gasteiger partial charge < -0.3 is 31.3 Å². The first-order valence-corrected chi connectivity index (χ1v) is 16.6. The van der Waals surface area contributed by atoms with E-state index < -0.39 is 70.2 Å². The van der Waals surface area contributed by atoms with Crippen LogP contribution < -0.4 is 27.0 Å². The number of urea groups is 1. The summed E-state index contributed by atoms with van der Waals surface area (Å²) >= 11 is 0. The molecular formula is C35H53N7O7. The number of terminal acetylenes is 1. The number of aromatic nitrogens is 2. The molecule has 14 heteroatoms. The lowest BCUT2D eigenvalue weighted by Crippen LogP contribution is -2.62. The Kier molecular flexibility index (Phi) is 11.5. The molecule has 1 aliphatic heterocycles. The van der Waals surface area contributed by atoms with Crippen molar-refractivity contribution >= 4 is 29.5 Å². The van der Waals surface area contributed by atoms with E-state index in [1.165, 1.54) is 28.8 Å². The first-order chi connectivity index (χ1) is 22.6. The summed E-state index contributed by atoms with van der Waals surface area (Å²) in [6.07, 6.45) is 8.31. The minimum absolute atomic E-state index is 0.0135. The highest BCUT2D eigenvalue weighted by atomic mass is 16.3. The molecule has 3 rings (SSSR count). The third-order valence-corrected chi connectivity index (χ3v) is 9.82. The maximum Gasteiger partial charge on any atom is 0.330 e. The van der Waals surface area contributed by atoms with Crippen molar-refractivity contribution in [2.75, 3.05) is 13.1 Å². The molecule has 0 spiro atoms. The molecule has 2 aliphatic rings. The van der Waals surface area contributed by atoms with E-state index in [1.807, 2.05) is 34.6 Å². The predicted molar refractivity (Wildman–Crippen MR) is 184 cm³/mol. The number of fused-ring (bicyclic) bond motifs is 1. The number of hydrogen-bond acceptors (Lipinski definition) is 7. The molecule has 0 bridgehead atoms. The third-order valence-electron chi connectivity index (χ3n) is 9.82. The molecule has 5 amide bonds. The SMILES string of the molecule is C#CCCC(NC(=O)[C@@H]1[C@@H]2[C@H](CN1C(=O)[C@@H](NC(=O)N[C@H](Cn1c(O)cn(C)c1=O)C(C)(C)C)C(C)(C)C)C2(C)C)C(=O)C(=O)NCC=C. The number of Topliss-reactive ketones (excluding diaryl/α,β-unsaturated/α-hetero) is 1. The number of nitrogens with one attached hydrogen (secondary N) is 4. The van der Waals surface area contributed by atoms with Crippen LogP contribution in [0.1, 0.15) is 68.2 Å². The molecule has 270 valence electrons. The van der Waals surface area contributed by atoms with Crippen LogP contribution in [0.15, 0.2) is 23.6 Å². The molecule has 49 heavy (non-hydrogen) atoms. The van der Waals surface area contributed by atoms with Crippen LogP contribution in [0, 0.1) is 40.4 Å². The van der Waals surface area contributed by atoms with Crippen molar-refractivity contribution in [3.05, 3.63) is 29.3 Å². The van der Waals surface area contributed by atoms with Crippen LogP contribution in [-0.4, -0.2) is 85.9 Å². The quantitative estimate of drug-likeness (QED) is 0.118. The summed E-state index contributed by atoms with van der Waals surface area (Å²) in [6, 6.07) is -4.50. The first kappa shape index (κ1) is 38.9. The van der Waals surface area contributed by atoms with Gasteiger partial charge in [-0.2, -0.15) is 0 Å². The molecule has 1 saturated carbocycles. The average Bonchev–Trinajstić information content (AvgIpc) is 3.25. The molecule has 1 unspecified atom stereocenters. The Hall–Kier alpha value is -4.54. The van der Waals surface area contributed by atoms with E-state index in [0.29, 0.717) is 0 Å². The molecule has 2 heterocycles. The zero-order valence-corrected chi connectivity index (χ0v) is 30.2.